The van der Waals surface area contributed by atoms with Crippen LogP contribution in [0.15, 0.2) is 24.4 Å². The van der Waals surface area contributed by atoms with E-state index in [0.717, 1.165) is 43.1 Å². The van der Waals surface area contributed by atoms with E-state index in [1.807, 2.05) is 6.20 Å². The monoisotopic (exact) mass is 370 g/mol. The van der Waals surface area contributed by atoms with Crippen LogP contribution in [0.4, 0.5) is 16.0 Å². The largest absolute Gasteiger partial charge is 0.378 e. The first-order chi connectivity index (χ1) is 13.1. The highest BCUT2D eigenvalue weighted by Gasteiger charge is 2.27. The van der Waals surface area contributed by atoms with Gasteiger partial charge in [-0.1, -0.05) is 0 Å². The Labute approximate surface area is 157 Å². The number of fused-ring (bicyclic) bond motifs is 1. The van der Waals surface area contributed by atoms with Gasteiger partial charge in [-0.3, -0.25) is 4.79 Å². The average molecular weight is 370 g/mol. The molecule has 0 radical (unpaired) electrons. The summed E-state index contributed by atoms with van der Waals surface area (Å²) >= 11 is 0. The summed E-state index contributed by atoms with van der Waals surface area (Å²) in [6.07, 6.45) is 3.99. The van der Waals surface area contributed by atoms with Gasteiger partial charge in [0.15, 0.2) is 0 Å². The van der Waals surface area contributed by atoms with Gasteiger partial charge in [0.2, 0.25) is 11.9 Å². The number of amides is 1. The predicted molar refractivity (Wildman–Crippen MR) is 100 cm³/mol. The minimum atomic E-state index is -0.271. The van der Waals surface area contributed by atoms with Gasteiger partial charge in [0.25, 0.3) is 0 Å². The van der Waals surface area contributed by atoms with Crippen LogP contribution in [0.2, 0.25) is 0 Å². The standard InChI is InChI=1S/C20H23FN4O2/c1-13-10-16(3-4-17(13)21)23-19(26)14-2-5-18-15(11-14)12-22-20(24-18)25-6-8-27-9-7-25/h3-4,10,12,14H,2,5-9,11H2,1H3,(H,23,26). The molecule has 1 atom stereocenters. The first-order valence-electron chi connectivity index (χ1n) is 9.34. The van der Waals surface area contributed by atoms with E-state index >= 15 is 0 Å². The fourth-order valence-electron chi connectivity index (χ4n) is 3.60. The van der Waals surface area contributed by atoms with Crippen LogP contribution < -0.4 is 10.2 Å². The molecule has 0 saturated carbocycles. The van der Waals surface area contributed by atoms with E-state index in [-0.39, 0.29) is 17.6 Å². The van der Waals surface area contributed by atoms with Gasteiger partial charge >= 0.3 is 0 Å². The third-order valence-electron chi connectivity index (χ3n) is 5.23. The summed E-state index contributed by atoms with van der Waals surface area (Å²) in [6.45, 7) is 4.70. The third-order valence-corrected chi connectivity index (χ3v) is 5.23. The lowest BCUT2D eigenvalue weighted by Crippen LogP contribution is -2.38. The quantitative estimate of drug-likeness (QED) is 0.899. The number of hydrogen-bond donors (Lipinski definition) is 1. The lowest BCUT2D eigenvalue weighted by molar-refractivity contribution is -0.120. The van der Waals surface area contributed by atoms with Crippen molar-refractivity contribution in [2.24, 2.45) is 5.92 Å². The zero-order valence-corrected chi connectivity index (χ0v) is 15.4. The van der Waals surface area contributed by atoms with Crippen molar-refractivity contribution in [1.82, 2.24) is 9.97 Å². The molecule has 1 aromatic carbocycles. The molecule has 1 unspecified atom stereocenters. The second-order valence-corrected chi connectivity index (χ2v) is 7.13. The number of halogens is 1. The molecule has 2 heterocycles. The Kier molecular flexibility index (Phi) is 5.03. The number of nitrogens with one attached hydrogen (secondary N) is 1. The molecular formula is C20H23FN4O2. The molecule has 1 aromatic heterocycles. The summed E-state index contributed by atoms with van der Waals surface area (Å²) in [5.74, 6) is 0.319. The Morgan fingerprint density at radius 3 is 2.93 bits per heavy atom. The van der Waals surface area contributed by atoms with Gasteiger partial charge in [-0.25, -0.2) is 14.4 Å². The molecule has 1 N–H and O–H groups in total. The number of aryl methyl sites for hydroxylation is 2. The molecule has 142 valence electrons. The number of nitrogens with zero attached hydrogens (tertiary/aromatic N) is 3. The number of hydrogen-bond acceptors (Lipinski definition) is 5. The van der Waals surface area contributed by atoms with E-state index < -0.39 is 0 Å². The van der Waals surface area contributed by atoms with Crippen molar-refractivity contribution < 1.29 is 13.9 Å². The Morgan fingerprint density at radius 1 is 1.33 bits per heavy atom. The zero-order valence-electron chi connectivity index (χ0n) is 15.4. The van der Waals surface area contributed by atoms with Crippen molar-refractivity contribution in [2.45, 2.75) is 26.2 Å². The van der Waals surface area contributed by atoms with Gasteiger partial charge in [0, 0.05) is 36.6 Å². The summed E-state index contributed by atoms with van der Waals surface area (Å²) < 4.78 is 18.8. The SMILES string of the molecule is Cc1cc(NC(=O)C2CCc3nc(N4CCOCC4)ncc3C2)ccc1F. The smallest absolute Gasteiger partial charge is 0.227 e. The summed E-state index contributed by atoms with van der Waals surface area (Å²) in [4.78, 5) is 24.0. The van der Waals surface area contributed by atoms with Crippen LogP contribution in [0.25, 0.3) is 0 Å². The molecule has 0 bridgehead atoms. The van der Waals surface area contributed by atoms with Crippen molar-refractivity contribution in [3.63, 3.8) is 0 Å². The maximum absolute atomic E-state index is 13.4. The third kappa shape index (κ3) is 3.93. The number of carbonyl (C=O) groups is 1. The number of aromatic nitrogens is 2. The normalized spacial score (nSPS) is 19.5. The molecular weight excluding hydrogens is 347 g/mol. The first-order valence-corrected chi connectivity index (χ1v) is 9.34. The molecule has 2 aliphatic rings. The van der Waals surface area contributed by atoms with Gasteiger partial charge in [0.1, 0.15) is 5.82 Å². The molecule has 4 rings (SSSR count). The van der Waals surface area contributed by atoms with Crippen molar-refractivity contribution in [3.8, 4) is 0 Å². The highest BCUT2D eigenvalue weighted by molar-refractivity contribution is 5.93. The van der Waals surface area contributed by atoms with Crippen LogP contribution in [-0.4, -0.2) is 42.2 Å². The van der Waals surface area contributed by atoms with Crippen LogP contribution in [0.5, 0.6) is 0 Å². The summed E-state index contributed by atoms with van der Waals surface area (Å²) in [5, 5.41) is 2.91. The summed E-state index contributed by atoms with van der Waals surface area (Å²) in [6, 6.07) is 4.62. The number of anilines is 2. The van der Waals surface area contributed by atoms with E-state index in [4.69, 9.17) is 9.72 Å². The highest BCUT2D eigenvalue weighted by atomic mass is 19.1. The van der Waals surface area contributed by atoms with E-state index in [2.05, 4.69) is 15.2 Å². The Balaban J connectivity index is 1.43. The van der Waals surface area contributed by atoms with Gasteiger partial charge in [0.05, 0.1) is 13.2 Å². The molecule has 1 aliphatic heterocycles. The zero-order chi connectivity index (χ0) is 18.8. The molecule has 1 aliphatic carbocycles. The maximum atomic E-state index is 13.4. The van der Waals surface area contributed by atoms with E-state index in [0.29, 0.717) is 30.9 Å². The Hall–Kier alpha value is -2.54. The number of ether oxygens (including phenoxy) is 1. The molecule has 1 amide bonds. The van der Waals surface area contributed by atoms with Crippen molar-refractivity contribution >= 4 is 17.5 Å². The minimum absolute atomic E-state index is 0.0380. The maximum Gasteiger partial charge on any atom is 0.227 e. The lowest BCUT2D eigenvalue weighted by Gasteiger charge is -2.28. The van der Waals surface area contributed by atoms with Crippen LogP contribution in [0.1, 0.15) is 23.2 Å². The van der Waals surface area contributed by atoms with Gasteiger partial charge < -0.3 is 15.0 Å². The molecule has 1 saturated heterocycles. The van der Waals surface area contributed by atoms with E-state index in [1.54, 1.807) is 19.1 Å². The molecule has 1 fully saturated rings. The highest BCUT2D eigenvalue weighted by Crippen LogP contribution is 2.27. The molecule has 6 nitrogen and oxygen atoms in total. The Morgan fingerprint density at radius 2 is 2.15 bits per heavy atom. The molecule has 7 heteroatoms. The predicted octanol–water partition coefficient (Wildman–Crippen LogP) is 2.50. The number of rotatable bonds is 3. The van der Waals surface area contributed by atoms with Crippen LogP contribution >= 0.6 is 0 Å². The van der Waals surface area contributed by atoms with E-state index in [9.17, 15) is 9.18 Å². The van der Waals surface area contributed by atoms with Gasteiger partial charge in [-0.15, -0.1) is 0 Å². The summed E-state index contributed by atoms with van der Waals surface area (Å²) in [5.41, 5.74) is 3.22. The average Bonchev–Trinajstić information content (AvgIpc) is 2.70. The minimum Gasteiger partial charge on any atom is -0.378 e. The second-order valence-electron chi connectivity index (χ2n) is 7.13. The fraction of sp³-hybridized carbons (Fsp3) is 0.450. The molecule has 2 aromatic rings. The topological polar surface area (TPSA) is 67.4 Å². The van der Waals surface area contributed by atoms with Crippen molar-refractivity contribution in [1.29, 1.82) is 0 Å². The van der Waals surface area contributed by atoms with Crippen LogP contribution in [0, 0.1) is 18.7 Å². The van der Waals surface area contributed by atoms with Crippen LogP contribution in [-0.2, 0) is 22.4 Å². The number of benzene rings is 1. The fourth-order valence-corrected chi connectivity index (χ4v) is 3.60. The number of carbonyl (C=O) groups excluding carboxylic acids is 1. The van der Waals surface area contributed by atoms with Gasteiger partial charge in [-0.2, -0.15) is 0 Å². The van der Waals surface area contributed by atoms with E-state index in [1.165, 1.54) is 6.07 Å². The second kappa shape index (κ2) is 7.60. The number of morpholine rings is 1. The summed E-state index contributed by atoms with van der Waals surface area (Å²) in [7, 11) is 0. The van der Waals surface area contributed by atoms with Crippen LogP contribution in [0.3, 0.4) is 0 Å². The van der Waals surface area contributed by atoms with Gasteiger partial charge in [-0.05, 0) is 55.5 Å². The van der Waals surface area contributed by atoms with Crippen molar-refractivity contribution in [2.75, 3.05) is 36.5 Å². The molecule has 0 spiro atoms. The first kappa shape index (κ1) is 17.9. The van der Waals surface area contributed by atoms with Crippen molar-refractivity contribution in [3.05, 3.63) is 47.0 Å². The Bertz CT molecular complexity index is 852. The molecule has 27 heavy (non-hydrogen) atoms. The lowest BCUT2D eigenvalue weighted by atomic mass is 9.86.